The van der Waals surface area contributed by atoms with E-state index >= 15 is 0 Å². The van der Waals surface area contributed by atoms with Crippen LogP contribution in [0, 0.1) is 0 Å². The van der Waals surface area contributed by atoms with E-state index in [1.54, 1.807) is 6.07 Å². The number of benzene rings is 2. The molecular weight excluding hydrogens is 328 g/mol. The summed E-state index contributed by atoms with van der Waals surface area (Å²) < 4.78 is 28.9. The Kier molecular flexibility index (Phi) is 4.89. The van der Waals surface area contributed by atoms with Crippen LogP contribution in [0.3, 0.4) is 0 Å². The van der Waals surface area contributed by atoms with Crippen LogP contribution in [0.5, 0.6) is 11.5 Å². The third kappa shape index (κ3) is 3.90. The second kappa shape index (κ2) is 6.67. The second-order valence-electron chi connectivity index (χ2n) is 4.24. The summed E-state index contributed by atoms with van der Waals surface area (Å²) in [6.45, 7) is 0. The Hall–Kier alpha value is -2.25. The molecule has 8 heteroatoms. The van der Waals surface area contributed by atoms with E-state index in [4.69, 9.17) is 16.3 Å². The van der Waals surface area contributed by atoms with Gasteiger partial charge in [-0.1, -0.05) is 11.6 Å². The van der Waals surface area contributed by atoms with Crippen LogP contribution in [0.25, 0.3) is 0 Å². The quantitative estimate of drug-likeness (QED) is 0.646. The first-order chi connectivity index (χ1) is 10.4. The SMILES string of the molecule is COc1cc(C=NNS(=O)(=O)c2ccc(Cl)cc2)ccc1O. The zero-order valence-electron chi connectivity index (χ0n) is 11.5. The fourth-order valence-electron chi connectivity index (χ4n) is 1.61. The van der Waals surface area contributed by atoms with Crippen molar-refractivity contribution in [2.24, 2.45) is 5.10 Å². The fourth-order valence-corrected chi connectivity index (χ4v) is 2.53. The van der Waals surface area contributed by atoms with Crippen LogP contribution in [0.1, 0.15) is 5.56 Å². The van der Waals surface area contributed by atoms with Gasteiger partial charge in [-0.15, -0.1) is 0 Å². The molecule has 0 saturated heterocycles. The molecule has 2 aromatic carbocycles. The molecule has 0 spiro atoms. The molecule has 2 aromatic rings. The van der Waals surface area contributed by atoms with Gasteiger partial charge in [-0.05, 0) is 48.0 Å². The first-order valence-corrected chi connectivity index (χ1v) is 7.96. The van der Waals surface area contributed by atoms with Gasteiger partial charge in [0.05, 0.1) is 18.2 Å². The van der Waals surface area contributed by atoms with Crippen molar-refractivity contribution in [2.75, 3.05) is 7.11 Å². The van der Waals surface area contributed by atoms with Crippen molar-refractivity contribution in [1.29, 1.82) is 0 Å². The monoisotopic (exact) mass is 340 g/mol. The maximum atomic E-state index is 12.0. The Balaban J connectivity index is 2.13. The van der Waals surface area contributed by atoms with E-state index in [2.05, 4.69) is 9.93 Å². The highest BCUT2D eigenvalue weighted by Crippen LogP contribution is 2.25. The highest BCUT2D eigenvalue weighted by molar-refractivity contribution is 7.89. The summed E-state index contributed by atoms with van der Waals surface area (Å²) in [6, 6.07) is 10.2. The Labute approximate surface area is 133 Å². The average molecular weight is 341 g/mol. The number of phenols is 1. The number of hydrogen-bond donors (Lipinski definition) is 2. The number of methoxy groups -OCH3 is 1. The second-order valence-corrected chi connectivity index (χ2v) is 6.34. The summed E-state index contributed by atoms with van der Waals surface area (Å²) in [6.07, 6.45) is 1.30. The normalized spacial score (nSPS) is 11.5. The number of halogens is 1. The van der Waals surface area contributed by atoms with Gasteiger partial charge >= 0.3 is 0 Å². The molecule has 0 fully saturated rings. The molecule has 0 aromatic heterocycles. The van der Waals surface area contributed by atoms with Crippen molar-refractivity contribution >= 4 is 27.8 Å². The van der Waals surface area contributed by atoms with Gasteiger partial charge in [0.2, 0.25) is 0 Å². The first kappa shape index (κ1) is 16.1. The summed E-state index contributed by atoms with van der Waals surface area (Å²) in [4.78, 5) is 2.14. The summed E-state index contributed by atoms with van der Waals surface area (Å²) in [5, 5.41) is 13.6. The maximum Gasteiger partial charge on any atom is 0.276 e. The molecule has 0 bridgehead atoms. The number of aromatic hydroxyl groups is 1. The highest BCUT2D eigenvalue weighted by Gasteiger charge is 2.12. The van der Waals surface area contributed by atoms with Gasteiger partial charge in [-0.3, -0.25) is 0 Å². The van der Waals surface area contributed by atoms with E-state index in [1.807, 2.05) is 0 Å². The van der Waals surface area contributed by atoms with Gasteiger partial charge in [-0.2, -0.15) is 13.5 Å². The van der Waals surface area contributed by atoms with Crippen LogP contribution in [0.4, 0.5) is 0 Å². The topological polar surface area (TPSA) is 88.0 Å². The molecule has 0 heterocycles. The third-order valence-corrected chi connectivity index (χ3v) is 4.20. The number of rotatable bonds is 5. The number of nitrogens with zero attached hydrogens (tertiary/aromatic N) is 1. The standard InChI is InChI=1S/C14H13ClN2O4S/c1-21-14-8-10(2-7-13(14)18)9-16-17-22(19,20)12-5-3-11(15)4-6-12/h2-9,17-18H,1H3. The first-order valence-electron chi connectivity index (χ1n) is 6.10. The molecule has 0 aliphatic rings. The van der Waals surface area contributed by atoms with Gasteiger partial charge in [0.1, 0.15) is 0 Å². The molecule has 0 aliphatic carbocycles. The van der Waals surface area contributed by atoms with Crippen LogP contribution < -0.4 is 9.57 Å². The Morgan fingerprint density at radius 1 is 1.23 bits per heavy atom. The van der Waals surface area contributed by atoms with Crippen molar-refractivity contribution < 1.29 is 18.3 Å². The molecule has 6 nitrogen and oxygen atoms in total. The smallest absolute Gasteiger partial charge is 0.276 e. The predicted octanol–water partition coefficient (Wildman–Crippen LogP) is 2.37. The minimum atomic E-state index is -3.76. The molecule has 116 valence electrons. The van der Waals surface area contributed by atoms with Crippen molar-refractivity contribution in [3.8, 4) is 11.5 Å². The zero-order chi connectivity index (χ0) is 16.2. The van der Waals surface area contributed by atoms with Gasteiger partial charge in [0.25, 0.3) is 10.0 Å². The van der Waals surface area contributed by atoms with E-state index in [0.29, 0.717) is 10.6 Å². The van der Waals surface area contributed by atoms with E-state index in [9.17, 15) is 13.5 Å². The molecule has 0 atom stereocenters. The Morgan fingerprint density at radius 3 is 2.55 bits per heavy atom. The molecule has 2 rings (SSSR count). The minimum absolute atomic E-state index is 0.0126. The molecule has 0 saturated carbocycles. The number of hydrogen-bond acceptors (Lipinski definition) is 5. The van der Waals surface area contributed by atoms with E-state index in [-0.39, 0.29) is 16.4 Å². The molecule has 22 heavy (non-hydrogen) atoms. The van der Waals surface area contributed by atoms with Crippen LogP contribution in [-0.2, 0) is 10.0 Å². The van der Waals surface area contributed by atoms with Gasteiger partial charge in [0.15, 0.2) is 11.5 Å². The summed E-state index contributed by atoms with van der Waals surface area (Å²) in [5.41, 5.74) is 0.563. The Bertz CT molecular complexity index is 789. The van der Waals surface area contributed by atoms with E-state index in [0.717, 1.165) is 0 Å². The minimum Gasteiger partial charge on any atom is -0.504 e. The number of hydrazone groups is 1. The highest BCUT2D eigenvalue weighted by atomic mass is 35.5. The predicted molar refractivity (Wildman–Crippen MR) is 84.0 cm³/mol. The van der Waals surface area contributed by atoms with Crippen LogP contribution in [-0.4, -0.2) is 26.8 Å². The van der Waals surface area contributed by atoms with E-state index in [1.165, 1.54) is 49.7 Å². The maximum absolute atomic E-state index is 12.0. The summed E-state index contributed by atoms with van der Waals surface area (Å²) >= 11 is 5.71. The zero-order valence-corrected chi connectivity index (χ0v) is 13.1. The molecule has 0 amide bonds. The van der Waals surface area contributed by atoms with Crippen LogP contribution in [0.2, 0.25) is 5.02 Å². The van der Waals surface area contributed by atoms with Crippen molar-refractivity contribution in [3.63, 3.8) is 0 Å². The summed E-state index contributed by atoms with van der Waals surface area (Å²) in [7, 11) is -2.34. The number of phenolic OH excluding ortho intramolecular Hbond substituents is 1. The molecular formula is C14H13ClN2O4S. The largest absolute Gasteiger partial charge is 0.504 e. The molecule has 0 aliphatic heterocycles. The number of ether oxygens (including phenoxy) is 1. The average Bonchev–Trinajstić information content (AvgIpc) is 2.49. The Morgan fingerprint density at radius 2 is 1.91 bits per heavy atom. The summed E-state index contributed by atoms with van der Waals surface area (Å²) in [5.74, 6) is 0.255. The molecule has 0 unspecified atom stereocenters. The van der Waals surface area contributed by atoms with E-state index < -0.39 is 10.0 Å². The van der Waals surface area contributed by atoms with Crippen molar-refractivity contribution in [1.82, 2.24) is 4.83 Å². The van der Waals surface area contributed by atoms with Crippen molar-refractivity contribution in [3.05, 3.63) is 53.1 Å². The number of nitrogens with one attached hydrogen (secondary N) is 1. The molecule has 0 radical (unpaired) electrons. The van der Waals surface area contributed by atoms with Gasteiger partial charge < -0.3 is 9.84 Å². The van der Waals surface area contributed by atoms with Gasteiger partial charge in [0, 0.05) is 5.02 Å². The lowest BCUT2D eigenvalue weighted by atomic mass is 10.2. The lowest BCUT2D eigenvalue weighted by molar-refractivity contribution is 0.373. The lowest BCUT2D eigenvalue weighted by Crippen LogP contribution is -2.18. The van der Waals surface area contributed by atoms with Gasteiger partial charge in [-0.25, -0.2) is 4.83 Å². The molecule has 2 N–H and O–H groups in total. The van der Waals surface area contributed by atoms with Crippen molar-refractivity contribution in [2.45, 2.75) is 4.90 Å². The lowest BCUT2D eigenvalue weighted by Gasteiger charge is -2.04. The van der Waals surface area contributed by atoms with Crippen LogP contribution in [0.15, 0.2) is 52.5 Å². The number of sulfonamides is 1. The van der Waals surface area contributed by atoms with Crippen LogP contribution >= 0.6 is 11.6 Å². The third-order valence-electron chi connectivity index (χ3n) is 2.71. The fraction of sp³-hybridized carbons (Fsp3) is 0.0714.